The highest BCUT2D eigenvalue weighted by Gasteiger charge is 2.05. The highest BCUT2D eigenvalue weighted by molar-refractivity contribution is 9.10. The molecule has 0 unspecified atom stereocenters. The van der Waals surface area contributed by atoms with Crippen LogP contribution in [0.15, 0.2) is 28.7 Å². The van der Waals surface area contributed by atoms with E-state index in [1.165, 1.54) is 0 Å². The van der Waals surface area contributed by atoms with Crippen LogP contribution in [0.1, 0.15) is 78.1 Å². The second-order valence-electron chi connectivity index (χ2n) is 7.31. The molecule has 0 aromatic heterocycles. The number of hydrogen-bond acceptors (Lipinski definition) is 4. The highest BCUT2D eigenvalue weighted by Crippen LogP contribution is 2.17. The number of unbranched alkanes of at least 4 members (excludes halogenated alkanes) is 5. The highest BCUT2D eigenvalue weighted by atomic mass is 79.9. The zero-order valence-corrected chi connectivity index (χ0v) is 18.3. The molecule has 0 bridgehead atoms. The first-order valence-corrected chi connectivity index (χ1v) is 10.9. The topological polar surface area (TPSA) is 52.6 Å². The molecule has 0 saturated heterocycles. The lowest BCUT2D eigenvalue weighted by molar-refractivity contribution is -0.144. The Bertz CT molecular complexity index is 540. The average molecular weight is 441 g/mol. The molecule has 0 aliphatic rings. The second kappa shape index (κ2) is 14.7. The van der Waals surface area contributed by atoms with Gasteiger partial charge in [-0.2, -0.15) is 0 Å². The predicted molar refractivity (Wildman–Crippen MR) is 112 cm³/mol. The molecule has 0 atom stereocenters. The molecule has 0 aliphatic carbocycles. The Balaban J connectivity index is 1.91. The minimum absolute atomic E-state index is 0.0746. The summed E-state index contributed by atoms with van der Waals surface area (Å²) in [6.07, 6.45) is 8.94. The molecule has 5 heteroatoms. The van der Waals surface area contributed by atoms with Crippen LogP contribution in [0.2, 0.25) is 0 Å². The van der Waals surface area contributed by atoms with Crippen molar-refractivity contribution in [1.29, 1.82) is 0 Å². The predicted octanol–water partition coefficient (Wildman–Crippen LogP) is 6.45. The van der Waals surface area contributed by atoms with Gasteiger partial charge >= 0.3 is 11.9 Å². The minimum Gasteiger partial charge on any atom is -0.466 e. The molecule has 4 nitrogen and oxygen atoms in total. The Hall–Kier alpha value is -1.36. The van der Waals surface area contributed by atoms with E-state index in [9.17, 15) is 9.59 Å². The van der Waals surface area contributed by atoms with Crippen molar-refractivity contribution in [3.63, 3.8) is 0 Å². The Morgan fingerprint density at radius 1 is 0.852 bits per heavy atom. The number of carbonyl (C=O) groups excluding carboxylic acids is 2. The molecule has 0 saturated carbocycles. The Morgan fingerprint density at radius 3 is 2.00 bits per heavy atom. The van der Waals surface area contributed by atoms with Crippen LogP contribution in [-0.4, -0.2) is 18.5 Å². The van der Waals surface area contributed by atoms with Gasteiger partial charge in [0.15, 0.2) is 0 Å². The maximum absolute atomic E-state index is 11.8. The lowest BCUT2D eigenvalue weighted by Crippen LogP contribution is -2.07. The van der Waals surface area contributed by atoms with Crippen molar-refractivity contribution in [2.75, 3.05) is 6.61 Å². The van der Waals surface area contributed by atoms with Gasteiger partial charge in [-0.05, 0) is 55.9 Å². The standard InChI is InChI=1S/C22H33BrO4/c1-18(2)10-9-17-26-21(24)11-7-5-3-4-6-8-12-22(25)27-20-15-13-19(23)14-16-20/h13-16,18H,3-12,17H2,1-2H3. The van der Waals surface area contributed by atoms with Gasteiger partial charge in [0.25, 0.3) is 0 Å². The smallest absolute Gasteiger partial charge is 0.311 e. The van der Waals surface area contributed by atoms with Crippen LogP contribution >= 0.6 is 15.9 Å². The normalized spacial score (nSPS) is 10.8. The number of ether oxygens (including phenoxy) is 2. The Kier molecular flexibility index (Phi) is 12.9. The number of halogens is 1. The molecule has 152 valence electrons. The number of rotatable bonds is 14. The molecule has 1 aromatic rings. The van der Waals surface area contributed by atoms with Crippen LogP contribution in [-0.2, 0) is 14.3 Å². The number of benzene rings is 1. The third-order valence-electron chi connectivity index (χ3n) is 4.25. The van der Waals surface area contributed by atoms with Crippen LogP contribution in [0.4, 0.5) is 0 Å². The van der Waals surface area contributed by atoms with Gasteiger partial charge in [0, 0.05) is 17.3 Å². The minimum atomic E-state index is -0.183. The first-order chi connectivity index (χ1) is 13.0. The van der Waals surface area contributed by atoms with Crippen molar-refractivity contribution in [3.05, 3.63) is 28.7 Å². The SMILES string of the molecule is CC(C)CCCOC(=O)CCCCCCCCC(=O)Oc1ccc(Br)cc1. The van der Waals surface area contributed by atoms with Crippen LogP contribution in [0.25, 0.3) is 0 Å². The summed E-state index contributed by atoms with van der Waals surface area (Å²) >= 11 is 3.35. The van der Waals surface area contributed by atoms with Gasteiger partial charge in [0.1, 0.15) is 5.75 Å². The van der Waals surface area contributed by atoms with Gasteiger partial charge in [0.2, 0.25) is 0 Å². The lowest BCUT2D eigenvalue weighted by atomic mass is 10.1. The summed E-state index contributed by atoms with van der Waals surface area (Å²) in [6.45, 7) is 4.90. The van der Waals surface area contributed by atoms with Crippen molar-refractivity contribution < 1.29 is 19.1 Å². The van der Waals surface area contributed by atoms with E-state index in [2.05, 4.69) is 29.8 Å². The molecule has 0 aliphatic heterocycles. The molecule has 1 rings (SSSR count). The van der Waals surface area contributed by atoms with Crippen LogP contribution < -0.4 is 4.74 Å². The van der Waals surface area contributed by atoms with Crippen molar-refractivity contribution >= 4 is 27.9 Å². The Labute approximate surface area is 172 Å². The van der Waals surface area contributed by atoms with Crippen LogP contribution in [0.5, 0.6) is 5.75 Å². The molecular formula is C22H33BrO4. The maximum atomic E-state index is 11.8. The average Bonchev–Trinajstić information content (AvgIpc) is 2.62. The first-order valence-electron chi connectivity index (χ1n) is 10.1. The van der Waals surface area contributed by atoms with Crippen LogP contribution in [0.3, 0.4) is 0 Å². The van der Waals surface area contributed by atoms with Crippen molar-refractivity contribution in [2.45, 2.75) is 78.1 Å². The summed E-state index contributed by atoms with van der Waals surface area (Å²) in [5, 5.41) is 0. The molecule has 0 fully saturated rings. The summed E-state index contributed by atoms with van der Waals surface area (Å²) in [7, 11) is 0. The van der Waals surface area contributed by atoms with E-state index in [-0.39, 0.29) is 11.9 Å². The van der Waals surface area contributed by atoms with Gasteiger partial charge in [-0.3, -0.25) is 9.59 Å². The monoisotopic (exact) mass is 440 g/mol. The molecule has 0 amide bonds. The van der Waals surface area contributed by atoms with Crippen molar-refractivity contribution in [1.82, 2.24) is 0 Å². The summed E-state index contributed by atoms with van der Waals surface area (Å²) < 4.78 is 11.5. The largest absolute Gasteiger partial charge is 0.466 e. The van der Waals surface area contributed by atoms with Crippen LogP contribution in [0, 0.1) is 5.92 Å². The van der Waals surface area contributed by atoms with E-state index >= 15 is 0 Å². The van der Waals surface area contributed by atoms with Gasteiger partial charge in [-0.25, -0.2) is 0 Å². The fourth-order valence-electron chi connectivity index (χ4n) is 2.68. The molecular weight excluding hydrogens is 408 g/mol. The fourth-order valence-corrected chi connectivity index (χ4v) is 2.94. The van der Waals surface area contributed by atoms with Crippen molar-refractivity contribution in [2.24, 2.45) is 5.92 Å². The molecule has 27 heavy (non-hydrogen) atoms. The summed E-state index contributed by atoms with van der Waals surface area (Å²) in [6, 6.07) is 7.25. The molecule has 1 aromatic carbocycles. The zero-order chi connectivity index (χ0) is 19.9. The summed E-state index contributed by atoms with van der Waals surface area (Å²) in [4.78, 5) is 23.4. The molecule has 0 heterocycles. The number of hydrogen-bond donors (Lipinski definition) is 0. The van der Waals surface area contributed by atoms with E-state index in [1.54, 1.807) is 12.1 Å². The molecule has 0 N–H and O–H groups in total. The van der Waals surface area contributed by atoms with E-state index in [1.807, 2.05) is 12.1 Å². The quantitative estimate of drug-likeness (QED) is 0.189. The van der Waals surface area contributed by atoms with E-state index in [0.717, 1.165) is 55.8 Å². The first kappa shape index (κ1) is 23.7. The van der Waals surface area contributed by atoms with Gasteiger partial charge in [-0.1, -0.05) is 55.5 Å². The third kappa shape index (κ3) is 13.5. The zero-order valence-electron chi connectivity index (χ0n) is 16.7. The summed E-state index contributed by atoms with van der Waals surface area (Å²) in [5.41, 5.74) is 0. The van der Waals surface area contributed by atoms with Gasteiger partial charge in [0.05, 0.1) is 6.61 Å². The van der Waals surface area contributed by atoms with Crippen molar-refractivity contribution in [3.8, 4) is 5.75 Å². The molecule has 0 spiro atoms. The maximum Gasteiger partial charge on any atom is 0.311 e. The van der Waals surface area contributed by atoms with E-state index < -0.39 is 0 Å². The number of carbonyl (C=O) groups is 2. The van der Waals surface area contributed by atoms with Gasteiger partial charge < -0.3 is 9.47 Å². The summed E-state index contributed by atoms with van der Waals surface area (Å²) in [5.74, 6) is 0.984. The third-order valence-corrected chi connectivity index (χ3v) is 4.77. The van der Waals surface area contributed by atoms with Gasteiger partial charge in [-0.15, -0.1) is 0 Å². The molecule has 0 radical (unpaired) electrons. The second-order valence-corrected chi connectivity index (χ2v) is 8.22. The van der Waals surface area contributed by atoms with E-state index in [4.69, 9.17) is 9.47 Å². The lowest BCUT2D eigenvalue weighted by Gasteiger charge is -2.06. The Morgan fingerprint density at radius 2 is 1.41 bits per heavy atom. The fraction of sp³-hybridized carbons (Fsp3) is 0.636. The van der Waals surface area contributed by atoms with E-state index in [0.29, 0.717) is 31.1 Å². The number of esters is 2.